The summed E-state index contributed by atoms with van der Waals surface area (Å²) in [5.41, 5.74) is 0.252. The van der Waals surface area contributed by atoms with Gasteiger partial charge >= 0.3 is 0 Å². The van der Waals surface area contributed by atoms with Gasteiger partial charge < -0.3 is 4.90 Å². The van der Waals surface area contributed by atoms with E-state index in [1.807, 2.05) is 0 Å². The molecule has 0 N–H and O–H groups in total. The number of sulfone groups is 1. The van der Waals surface area contributed by atoms with Crippen LogP contribution in [-0.4, -0.2) is 43.3 Å². The predicted octanol–water partition coefficient (Wildman–Crippen LogP) is 1.08. The van der Waals surface area contributed by atoms with Crippen LogP contribution in [0, 0.1) is 5.82 Å². The predicted molar refractivity (Wildman–Crippen MR) is 65.6 cm³/mol. The molecule has 1 aromatic rings. The van der Waals surface area contributed by atoms with E-state index < -0.39 is 20.9 Å². The fraction of sp³-hybridized carbons (Fsp3) is 0.417. The summed E-state index contributed by atoms with van der Waals surface area (Å²) in [6.07, 6.45) is 0. The first-order valence-electron chi connectivity index (χ1n) is 5.70. The lowest BCUT2D eigenvalue weighted by Gasteiger charge is -2.38. The molecule has 0 spiro atoms. The quantitative estimate of drug-likeness (QED) is 0.826. The van der Waals surface area contributed by atoms with Crippen LogP contribution in [0.15, 0.2) is 24.3 Å². The van der Waals surface area contributed by atoms with E-state index in [9.17, 15) is 17.6 Å². The molecule has 1 heterocycles. The van der Waals surface area contributed by atoms with Crippen LogP contribution in [0.1, 0.15) is 17.3 Å². The summed E-state index contributed by atoms with van der Waals surface area (Å²) in [5.74, 6) is -0.712. The number of hydrogen-bond acceptors (Lipinski definition) is 3. The van der Waals surface area contributed by atoms with Crippen molar-refractivity contribution in [2.75, 3.05) is 18.8 Å². The van der Waals surface area contributed by atoms with E-state index in [0.717, 1.165) is 6.07 Å². The summed E-state index contributed by atoms with van der Waals surface area (Å²) in [7, 11) is -3.09. The average Bonchev–Trinajstić information content (AvgIpc) is 2.26. The number of likely N-dealkylation sites (tertiary alicyclic amines) is 1. The first-order valence-corrected chi connectivity index (χ1v) is 7.42. The molecule has 18 heavy (non-hydrogen) atoms. The van der Waals surface area contributed by atoms with Crippen LogP contribution in [0.5, 0.6) is 0 Å². The third-order valence-electron chi connectivity index (χ3n) is 3.12. The SMILES string of the molecule is CCS(=O)(=O)C1CN(C(=O)c2cccc(F)c2)C1. The van der Waals surface area contributed by atoms with Gasteiger partial charge in [0.1, 0.15) is 5.82 Å². The molecule has 1 aromatic carbocycles. The Morgan fingerprint density at radius 2 is 2.11 bits per heavy atom. The molecule has 0 radical (unpaired) electrons. The Morgan fingerprint density at radius 3 is 2.67 bits per heavy atom. The lowest BCUT2D eigenvalue weighted by atomic mass is 10.1. The van der Waals surface area contributed by atoms with Crippen molar-refractivity contribution < 1.29 is 17.6 Å². The van der Waals surface area contributed by atoms with Crippen molar-refractivity contribution in [1.82, 2.24) is 4.90 Å². The number of nitrogens with zero attached hydrogens (tertiary/aromatic N) is 1. The monoisotopic (exact) mass is 271 g/mol. The molecule has 1 saturated heterocycles. The summed E-state index contributed by atoms with van der Waals surface area (Å²) in [6.45, 7) is 1.99. The molecule has 1 fully saturated rings. The van der Waals surface area contributed by atoms with Crippen molar-refractivity contribution in [2.45, 2.75) is 12.2 Å². The smallest absolute Gasteiger partial charge is 0.254 e. The van der Waals surface area contributed by atoms with Crippen LogP contribution in [0.3, 0.4) is 0 Å². The Morgan fingerprint density at radius 1 is 1.44 bits per heavy atom. The van der Waals surface area contributed by atoms with E-state index >= 15 is 0 Å². The minimum absolute atomic E-state index is 0.0830. The lowest BCUT2D eigenvalue weighted by Crippen LogP contribution is -2.57. The zero-order valence-electron chi connectivity index (χ0n) is 9.97. The zero-order valence-corrected chi connectivity index (χ0v) is 10.8. The molecule has 0 saturated carbocycles. The lowest BCUT2D eigenvalue weighted by molar-refractivity contribution is 0.0658. The summed E-state index contributed by atoms with van der Waals surface area (Å²) >= 11 is 0. The highest BCUT2D eigenvalue weighted by atomic mass is 32.2. The molecular formula is C12H14FNO3S. The molecule has 0 aromatic heterocycles. The van der Waals surface area contributed by atoms with Crippen LogP contribution in [0.4, 0.5) is 4.39 Å². The molecule has 0 unspecified atom stereocenters. The van der Waals surface area contributed by atoms with Crippen molar-refractivity contribution in [3.63, 3.8) is 0 Å². The molecular weight excluding hydrogens is 257 g/mol. The minimum Gasteiger partial charge on any atom is -0.336 e. The second kappa shape index (κ2) is 4.68. The summed E-state index contributed by atoms with van der Waals surface area (Å²) in [6, 6.07) is 5.40. The second-order valence-corrected chi connectivity index (χ2v) is 6.86. The van der Waals surface area contributed by atoms with E-state index in [1.165, 1.54) is 23.1 Å². The Bertz CT molecular complexity index is 564. The molecule has 1 amide bonds. The Hall–Kier alpha value is -1.43. The van der Waals surface area contributed by atoms with Gasteiger partial charge in [-0.15, -0.1) is 0 Å². The largest absolute Gasteiger partial charge is 0.336 e. The van der Waals surface area contributed by atoms with Crippen LogP contribution < -0.4 is 0 Å². The van der Waals surface area contributed by atoms with Gasteiger partial charge in [0.15, 0.2) is 9.84 Å². The fourth-order valence-corrected chi connectivity index (χ4v) is 3.16. The fourth-order valence-electron chi connectivity index (χ4n) is 1.87. The van der Waals surface area contributed by atoms with Crippen molar-refractivity contribution in [2.24, 2.45) is 0 Å². The number of carbonyl (C=O) groups excluding carboxylic acids is 1. The molecule has 4 nitrogen and oxygen atoms in total. The topological polar surface area (TPSA) is 54.5 Å². The normalized spacial score (nSPS) is 16.4. The standard InChI is InChI=1S/C12H14FNO3S/c1-2-18(16,17)11-7-14(8-11)12(15)9-4-3-5-10(13)6-9/h3-6,11H,2,7-8H2,1H3. The molecule has 6 heteroatoms. The highest BCUT2D eigenvalue weighted by Gasteiger charge is 2.38. The third kappa shape index (κ3) is 2.38. The van der Waals surface area contributed by atoms with Crippen molar-refractivity contribution in [1.29, 1.82) is 0 Å². The maximum absolute atomic E-state index is 13.0. The van der Waals surface area contributed by atoms with Gasteiger partial charge in [-0.1, -0.05) is 13.0 Å². The number of benzene rings is 1. The number of rotatable bonds is 3. The van der Waals surface area contributed by atoms with E-state index in [2.05, 4.69) is 0 Å². The average molecular weight is 271 g/mol. The van der Waals surface area contributed by atoms with E-state index in [4.69, 9.17) is 0 Å². The first kappa shape index (κ1) is 13.0. The van der Waals surface area contributed by atoms with E-state index in [1.54, 1.807) is 6.92 Å². The van der Waals surface area contributed by atoms with Crippen molar-refractivity contribution in [3.8, 4) is 0 Å². The summed E-state index contributed by atoms with van der Waals surface area (Å²) in [5, 5.41) is -0.472. The molecule has 0 bridgehead atoms. The summed E-state index contributed by atoms with van der Waals surface area (Å²) in [4.78, 5) is 13.3. The van der Waals surface area contributed by atoms with Gasteiger partial charge in [0.05, 0.1) is 5.25 Å². The second-order valence-electron chi connectivity index (χ2n) is 4.29. The molecule has 98 valence electrons. The highest BCUT2D eigenvalue weighted by molar-refractivity contribution is 7.92. The molecule has 1 aliphatic rings. The van der Waals surface area contributed by atoms with Gasteiger partial charge in [0.25, 0.3) is 5.91 Å². The van der Waals surface area contributed by atoms with Crippen LogP contribution in [0.25, 0.3) is 0 Å². The molecule has 0 aliphatic carbocycles. The number of halogens is 1. The first-order chi connectivity index (χ1) is 8.44. The summed E-state index contributed by atoms with van der Waals surface area (Å²) < 4.78 is 36.1. The van der Waals surface area contributed by atoms with Crippen molar-refractivity contribution in [3.05, 3.63) is 35.6 Å². The zero-order chi connectivity index (χ0) is 13.3. The van der Waals surface area contributed by atoms with Gasteiger partial charge in [0, 0.05) is 24.4 Å². The van der Waals surface area contributed by atoms with E-state index in [0.29, 0.717) is 0 Å². The van der Waals surface area contributed by atoms with Crippen LogP contribution in [-0.2, 0) is 9.84 Å². The van der Waals surface area contributed by atoms with Crippen molar-refractivity contribution >= 4 is 15.7 Å². The van der Waals surface area contributed by atoms with Gasteiger partial charge in [-0.25, -0.2) is 12.8 Å². The highest BCUT2D eigenvalue weighted by Crippen LogP contribution is 2.20. The number of amides is 1. The van der Waals surface area contributed by atoms with Crippen LogP contribution >= 0.6 is 0 Å². The Labute approximate surface area is 105 Å². The molecule has 1 aliphatic heterocycles. The van der Waals surface area contributed by atoms with Gasteiger partial charge in [-0.05, 0) is 18.2 Å². The number of hydrogen-bond donors (Lipinski definition) is 0. The number of carbonyl (C=O) groups is 1. The Balaban J connectivity index is 2.03. The van der Waals surface area contributed by atoms with Gasteiger partial charge in [0.2, 0.25) is 0 Å². The van der Waals surface area contributed by atoms with E-state index in [-0.39, 0.29) is 30.3 Å². The molecule has 2 rings (SSSR count). The Kier molecular flexibility index (Phi) is 3.38. The maximum atomic E-state index is 13.0. The maximum Gasteiger partial charge on any atom is 0.254 e. The van der Waals surface area contributed by atoms with Gasteiger partial charge in [-0.2, -0.15) is 0 Å². The third-order valence-corrected chi connectivity index (χ3v) is 5.24. The minimum atomic E-state index is -3.09. The van der Waals surface area contributed by atoms with Gasteiger partial charge in [-0.3, -0.25) is 4.79 Å². The molecule has 0 atom stereocenters. The van der Waals surface area contributed by atoms with Crippen LogP contribution in [0.2, 0.25) is 0 Å².